The number of ether oxygens (including phenoxy) is 2. The molecule has 1 aromatic carbocycles. The van der Waals surface area contributed by atoms with Gasteiger partial charge in [0.2, 0.25) is 0 Å². The van der Waals surface area contributed by atoms with Crippen LogP contribution >= 0.6 is 24.0 Å². The molecule has 0 aromatic heterocycles. The Morgan fingerprint density at radius 3 is 2.80 bits per heavy atom. The second-order valence-corrected chi connectivity index (χ2v) is 6.00. The van der Waals surface area contributed by atoms with Crippen LogP contribution in [0.4, 0.5) is 0 Å². The van der Waals surface area contributed by atoms with Gasteiger partial charge in [0.15, 0.2) is 5.96 Å². The zero-order valence-corrected chi connectivity index (χ0v) is 17.8. The number of guanidine groups is 1. The molecule has 0 unspecified atom stereocenters. The van der Waals surface area contributed by atoms with Gasteiger partial charge in [-0.1, -0.05) is 12.1 Å². The molecule has 1 aliphatic heterocycles. The Morgan fingerprint density at radius 2 is 2.12 bits per heavy atom. The van der Waals surface area contributed by atoms with Crippen molar-refractivity contribution in [3.8, 4) is 5.75 Å². The molecule has 0 bridgehead atoms. The molecular weight excluding hydrogens is 431 g/mol. The highest BCUT2D eigenvalue weighted by Gasteiger charge is 2.17. The van der Waals surface area contributed by atoms with Gasteiger partial charge >= 0.3 is 0 Å². The predicted molar refractivity (Wildman–Crippen MR) is 113 cm³/mol. The van der Waals surface area contributed by atoms with E-state index in [4.69, 9.17) is 9.47 Å². The van der Waals surface area contributed by atoms with Crippen LogP contribution in [0.5, 0.6) is 5.75 Å². The number of benzene rings is 1. The van der Waals surface area contributed by atoms with Gasteiger partial charge in [-0.25, -0.2) is 0 Å². The molecule has 2 N–H and O–H groups in total. The molecule has 0 atom stereocenters. The fourth-order valence-electron chi connectivity index (χ4n) is 2.83. The monoisotopic (exact) mass is 462 g/mol. The van der Waals surface area contributed by atoms with Crippen LogP contribution in [0.2, 0.25) is 0 Å². The first-order valence-corrected chi connectivity index (χ1v) is 8.61. The van der Waals surface area contributed by atoms with E-state index in [1.807, 2.05) is 19.2 Å². The number of hydrogen-bond donors (Lipinski definition) is 2. The van der Waals surface area contributed by atoms with Crippen molar-refractivity contribution >= 4 is 29.9 Å². The van der Waals surface area contributed by atoms with E-state index in [0.717, 1.165) is 44.3 Å². The molecule has 1 heterocycles. The normalized spacial score (nSPS) is 15.6. The van der Waals surface area contributed by atoms with E-state index < -0.39 is 0 Å². The van der Waals surface area contributed by atoms with E-state index in [0.29, 0.717) is 19.2 Å². The van der Waals surface area contributed by atoms with Gasteiger partial charge in [-0.3, -0.25) is 9.89 Å². The first kappa shape index (κ1) is 22.0. The molecule has 1 saturated heterocycles. The smallest absolute Gasteiger partial charge is 0.190 e. The zero-order valence-electron chi connectivity index (χ0n) is 15.5. The second-order valence-electron chi connectivity index (χ2n) is 6.00. The van der Waals surface area contributed by atoms with Crippen molar-refractivity contribution in [2.45, 2.75) is 25.4 Å². The van der Waals surface area contributed by atoms with Crippen LogP contribution in [-0.2, 0) is 11.3 Å². The lowest BCUT2D eigenvalue weighted by molar-refractivity contribution is 0.0392. The van der Waals surface area contributed by atoms with Crippen molar-refractivity contribution in [3.05, 3.63) is 29.8 Å². The van der Waals surface area contributed by atoms with Crippen LogP contribution in [0.1, 0.15) is 18.4 Å². The highest BCUT2D eigenvalue weighted by molar-refractivity contribution is 14.0. The largest absolute Gasteiger partial charge is 0.492 e. The Kier molecular flexibility index (Phi) is 10.8. The summed E-state index contributed by atoms with van der Waals surface area (Å²) < 4.78 is 11.3. The first-order valence-electron chi connectivity index (χ1n) is 8.61. The van der Waals surface area contributed by atoms with Crippen LogP contribution in [0.25, 0.3) is 0 Å². The number of likely N-dealkylation sites (N-methyl/N-ethyl adjacent to an activating group) is 1. The van der Waals surface area contributed by atoms with Gasteiger partial charge in [-0.2, -0.15) is 0 Å². The number of aliphatic imine (C=N–C) groups is 1. The van der Waals surface area contributed by atoms with E-state index in [9.17, 15) is 0 Å². The fraction of sp³-hybridized carbons (Fsp3) is 0.611. The Bertz CT molecular complexity index is 522. The highest BCUT2D eigenvalue weighted by Crippen LogP contribution is 2.15. The van der Waals surface area contributed by atoms with Gasteiger partial charge in [-0.05, 0) is 37.6 Å². The van der Waals surface area contributed by atoms with Crippen LogP contribution < -0.4 is 15.4 Å². The quantitative estimate of drug-likeness (QED) is 0.369. The summed E-state index contributed by atoms with van der Waals surface area (Å²) in [7, 11) is 5.78. The van der Waals surface area contributed by atoms with Crippen LogP contribution in [-0.4, -0.2) is 64.4 Å². The van der Waals surface area contributed by atoms with E-state index in [2.05, 4.69) is 39.7 Å². The molecule has 2 rings (SSSR count). The Morgan fingerprint density at radius 1 is 1.36 bits per heavy atom. The molecule has 1 fully saturated rings. The summed E-state index contributed by atoms with van der Waals surface area (Å²) >= 11 is 0. The molecule has 0 aliphatic carbocycles. The summed E-state index contributed by atoms with van der Waals surface area (Å²) in [4.78, 5) is 6.49. The molecule has 25 heavy (non-hydrogen) atoms. The summed E-state index contributed by atoms with van der Waals surface area (Å²) in [6.45, 7) is 4.09. The van der Waals surface area contributed by atoms with Crippen molar-refractivity contribution < 1.29 is 9.47 Å². The minimum absolute atomic E-state index is 0. The summed E-state index contributed by atoms with van der Waals surface area (Å²) in [6.07, 6.45) is 2.23. The average Bonchev–Trinajstić information content (AvgIpc) is 2.63. The molecule has 0 saturated carbocycles. The molecule has 0 spiro atoms. The third-order valence-corrected chi connectivity index (χ3v) is 4.35. The SMILES string of the molecule is CN=C(NC)NCc1cccc(OCCN(C)C2CCOCC2)c1.I. The van der Waals surface area contributed by atoms with Gasteiger partial charge in [0, 0.05) is 46.4 Å². The van der Waals surface area contributed by atoms with E-state index in [1.165, 1.54) is 5.56 Å². The second kappa shape index (κ2) is 12.3. The topological polar surface area (TPSA) is 58.1 Å². The molecule has 7 heteroatoms. The van der Waals surface area contributed by atoms with Gasteiger partial charge < -0.3 is 20.1 Å². The molecule has 142 valence electrons. The minimum atomic E-state index is 0. The fourth-order valence-corrected chi connectivity index (χ4v) is 2.83. The zero-order chi connectivity index (χ0) is 17.2. The third-order valence-electron chi connectivity index (χ3n) is 4.35. The lowest BCUT2D eigenvalue weighted by Gasteiger charge is -2.31. The van der Waals surface area contributed by atoms with E-state index in [-0.39, 0.29) is 24.0 Å². The number of rotatable bonds is 7. The number of halogens is 1. The lowest BCUT2D eigenvalue weighted by Crippen LogP contribution is -2.38. The van der Waals surface area contributed by atoms with Crippen molar-refractivity contribution in [2.75, 3.05) is 47.5 Å². The first-order chi connectivity index (χ1) is 11.7. The summed E-state index contributed by atoms with van der Waals surface area (Å²) in [6, 6.07) is 8.80. The standard InChI is InChI=1S/C18H30N4O2.HI/c1-19-18(20-2)21-14-15-5-4-6-17(13-15)24-12-9-22(3)16-7-10-23-11-8-16;/h4-6,13,16H,7-12,14H2,1-3H3,(H2,19,20,21);1H. The van der Waals surface area contributed by atoms with Gasteiger partial charge in [0.25, 0.3) is 0 Å². The summed E-state index contributed by atoms with van der Waals surface area (Å²) in [5.74, 6) is 1.69. The third kappa shape index (κ3) is 7.79. The van der Waals surface area contributed by atoms with Crippen molar-refractivity contribution in [1.29, 1.82) is 0 Å². The molecular formula is C18H31IN4O2. The number of nitrogens with zero attached hydrogens (tertiary/aromatic N) is 2. The molecule has 0 radical (unpaired) electrons. The minimum Gasteiger partial charge on any atom is -0.492 e. The summed E-state index contributed by atoms with van der Waals surface area (Å²) in [5.41, 5.74) is 1.17. The van der Waals surface area contributed by atoms with Crippen molar-refractivity contribution in [2.24, 2.45) is 4.99 Å². The Labute approximate surface area is 168 Å². The van der Waals surface area contributed by atoms with Crippen LogP contribution in [0, 0.1) is 0 Å². The molecule has 6 nitrogen and oxygen atoms in total. The number of hydrogen-bond acceptors (Lipinski definition) is 4. The number of nitrogens with one attached hydrogen (secondary N) is 2. The average molecular weight is 462 g/mol. The maximum absolute atomic E-state index is 5.92. The van der Waals surface area contributed by atoms with Crippen LogP contribution in [0.3, 0.4) is 0 Å². The highest BCUT2D eigenvalue weighted by atomic mass is 127. The molecule has 1 aliphatic rings. The maximum Gasteiger partial charge on any atom is 0.190 e. The predicted octanol–water partition coefficient (Wildman–Crippen LogP) is 2.09. The van der Waals surface area contributed by atoms with Crippen LogP contribution in [0.15, 0.2) is 29.3 Å². The van der Waals surface area contributed by atoms with E-state index >= 15 is 0 Å². The van der Waals surface area contributed by atoms with Gasteiger partial charge in [-0.15, -0.1) is 24.0 Å². The Balaban J connectivity index is 0.00000312. The van der Waals surface area contributed by atoms with Crippen molar-refractivity contribution in [3.63, 3.8) is 0 Å². The molecule has 0 amide bonds. The lowest BCUT2D eigenvalue weighted by atomic mass is 10.1. The Hall–Kier alpha value is -1.06. The van der Waals surface area contributed by atoms with Gasteiger partial charge in [0.1, 0.15) is 12.4 Å². The van der Waals surface area contributed by atoms with E-state index in [1.54, 1.807) is 7.05 Å². The van der Waals surface area contributed by atoms with Crippen molar-refractivity contribution in [1.82, 2.24) is 15.5 Å². The molecule has 1 aromatic rings. The van der Waals surface area contributed by atoms with Gasteiger partial charge in [0.05, 0.1) is 0 Å². The maximum atomic E-state index is 5.92. The summed E-state index contributed by atoms with van der Waals surface area (Å²) in [5, 5.41) is 6.25.